The molecule has 0 fully saturated rings. The Morgan fingerprint density at radius 3 is 3.07 bits per heavy atom. The largest absolute Gasteiger partial charge is 0.349 e. The van der Waals surface area contributed by atoms with E-state index in [2.05, 4.69) is 20.3 Å². The quantitative estimate of drug-likeness (QED) is 0.646. The molecule has 3 aromatic heterocycles. The molecule has 0 bridgehead atoms. The summed E-state index contributed by atoms with van der Waals surface area (Å²) in [4.78, 5) is 38.5. The number of fused-ring (bicyclic) bond motifs is 3. The van der Waals surface area contributed by atoms with Crippen LogP contribution in [0.4, 0.5) is 0 Å². The first-order valence-electron chi connectivity index (χ1n) is 9.42. The van der Waals surface area contributed by atoms with Crippen LogP contribution < -0.4 is 10.9 Å². The summed E-state index contributed by atoms with van der Waals surface area (Å²) in [5, 5.41) is 3.74. The van der Waals surface area contributed by atoms with Gasteiger partial charge in [-0.2, -0.15) is 0 Å². The van der Waals surface area contributed by atoms with Gasteiger partial charge in [0.05, 0.1) is 22.9 Å². The average molecular weight is 415 g/mol. The van der Waals surface area contributed by atoms with E-state index in [1.54, 1.807) is 23.7 Å². The number of nitrogens with zero attached hydrogens (tertiary/aromatic N) is 2. The van der Waals surface area contributed by atoms with Crippen molar-refractivity contribution in [2.24, 2.45) is 0 Å². The van der Waals surface area contributed by atoms with Gasteiger partial charge in [-0.3, -0.25) is 14.6 Å². The number of aryl methyl sites for hydroxylation is 2. The highest BCUT2D eigenvalue weighted by Crippen LogP contribution is 2.33. The molecule has 0 aromatic carbocycles. The highest BCUT2D eigenvalue weighted by atomic mass is 32.2. The highest BCUT2D eigenvalue weighted by molar-refractivity contribution is 7.99. The molecule has 1 amide bonds. The van der Waals surface area contributed by atoms with Gasteiger partial charge in [0.2, 0.25) is 5.91 Å². The summed E-state index contributed by atoms with van der Waals surface area (Å²) >= 11 is 3.10. The maximum atomic E-state index is 12.5. The molecule has 1 aliphatic carbocycles. The number of nitrogens with one attached hydrogen (secondary N) is 2. The van der Waals surface area contributed by atoms with Crippen molar-refractivity contribution in [3.05, 3.63) is 56.7 Å². The van der Waals surface area contributed by atoms with Crippen molar-refractivity contribution in [1.82, 2.24) is 20.3 Å². The topological polar surface area (TPSA) is 87.7 Å². The maximum Gasteiger partial charge on any atom is 0.259 e. The molecule has 3 heterocycles. The Hall–Kier alpha value is -2.19. The van der Waals surface area contributed by atoms with E-state index in [-0.39, 0.29) is 17.5 Å². The molecular weight excluding hydrogens is 392 g/mol. The fourth-order valence-electron chi connectivity index (χ4n) is 3.52. The van der Waals surface area contributed by atoms with Crippen LogP contribution >= 0.6 is 23.1 Å². The van der Waals surface area contributed by atoms with Gasteiger partial charge in [0, 0.05) is 17.3 Å². The molecule has 146 valence electrons. The van der Waals surface area contributed by atoms with Crippen LogP contribution in [-0.4, -0.2) is 26.6 Å². The minimum atomic E-state index is -0.0893. The first-order valence-corrected chi connectivity index (χ1v) is 11.4. The van der Waals surface area contributed by atoms with Gasteiger partial charge in [-0.05, 0) is 49.8 Å². The van der Waals surface area contributed by atoms with Crippen LogP contribution in [0.2, 0.25) is 0 Å². The summed E-state index contributed by atoms with van der Waals surface area (Å²) in [6.07, 6.45) is 7.82. The Kier molecular flexibility index (Phi) is 5.77. The van der Waals surface area contributed by atoms with Crippen LogP contribution in [0.25, 0.3) is 10.2 Å². The van der Waals surface area contributed by atoms with Gasteiger partial charge in [0.1, 0.15) is 10.7 Å². The van der Waals surface area contributed by atoms with E-state index in [1.165, 1.54) is 28.6 Å². The number of thiophene rings is 1. The number of aromatic amines is 1. The third-order valence-corrected chi connectivity index (χ3v) is 7.04. The van der Waals surface area contributed by atoms with E-state index in [4.69, 9.17) is 0 Å². The normalized spacial score (nSPS) is 14.6. The van der Waals surface area contributed by atoms with E-state index >= 15 is 0 Å². The molecule has 6 nitrogen and oxygen atoms in total. The molecule has 1 atom stereocenters. The van der Waals surface area contributed by atoms with Crippen molar-refractivity contribution >= 4 is 39.2 Å². The summed E-state index contributed by atoms with van der Waals surface area (Å²) in [6.45, 7) is 1.94. The number of rotatable bonds is 6. The van der Waals surface area contributed by atoms with E-state index in [9.17, 15) is 9.59 Å². The summed E-state index contributed by atoms with van der Waals surface area (Å²) < 4.78 is 0. The average Bonchev–Trinajstić information content (AvgIpc) is 3.07. The molecule has 4 rings (SSSR count). The van der Waals surface area contributed by atoms with Crippen molar-refractivity contribution in [2.75, 3.05) is 5.75 Å². The molecular formula is C20H22N4O2S2. The number of amides is 1. The van der Waals surface area contributed by atoms with E-state index in [0.717, 1.165) is 35.0 Å². The lowest BCUT2D eigenvalue weighted by Gasteiger charge is -2.13. The Bertz CT molecular complexity index is 1050. The van der Waals surface area contributed by atoms with Crippen LogP contribution in [0.3, 0.4) is 0 Å². The fraction of sp³-hybridized carbons (Fsp3) is 0.400. The minimum absolute atomic E-state index is 0.0450. The van der Waals surface area contributed by atoms with Crippen LogP contribution in [-0.2, 0) is 23.4 Å². The van der Waals surface area contributed by atoms with E-state index < -0.39 is 0 Å². The molecule has 0 saturated heterocycles. The molecule has 3 aromatic rings. The second-order valence-corrected chi connectivity index (χ2v) is 9.04. The van der Waals surface area contributed by atoms with Gasteiger partial charge in [0.15, 0.2) is 0 Å². The predicted molar refractivity (Wildman–Crippen MR) is 114 cm³/mol. The summed E-state index contributed by atoms with van der Waals surface area (Å²) in [5.74, 6) is 1.40. The number of carbonyl (C=O) groups is 1. The summed E-state index contributed by atoms with van der Waals surface area (Å²) in [6, 6.07) is 3.71. The summed E-state index contributed by atoms with van der Waals surface area (Å²) in [5.41, 5.74) is 2.12. The molecule has 1 aliphatic rings. The maximum absolute atomic E-state index is 12.5. The second-order valence-electron chi connectivity index (χ2n) is 6.97. The lowest BCUT2D eigenvalue weighted by Crippen LogP contribution is -2.28. The Morgan fingerprint density at radius 2 is 2.25 bits per heavy atom. The van der Waals surface area contributed by atoms with Crippen LogP contribution in [0.5, 0.6) is 0 Å². The van der Waals surface area contributed by atoms with Gasteiger partial charge in [-0.25, -0.2) is 4.98 Å². The van der Waals surface area contributed by atoms with Gasteiger partial charge >= 0.3 is 0 Å². The third kappa shape index (κ3) is 4.12. The molecule has 0 radical (unpaired) electrons. The number of hydrogen-bond acceptors (Lipinski definition) is 6. The van der Waals surface area contributed by atoms with Gasteiger partial charge < -0.3 is 10.3 Å². The molecule has 28 heavy (non-hydrogen) atoms. The standard InChI is InChI=1S/C20H22N4O2S2/c1-12(13-5-4-8-21-9-13)22-17(25)11-27-10-16-23-19(26)18-14-6-2-3-7-15(14)28-20(18)24-16/h4-5,8-9,12H,2-3,6-7,10-11H2,1H3,(H,22,25)(H,23,24,26). The Balaban J connectivity index is 1.36. The molecule has 0 spiro atoms. The van der Waals surface area contributed by atoms with Gasteiger partial charge in [-0.15, -0.1) is 23.1 Å². The number of pyridine rings is 1. The molecule has 1 unspecified atom stereocenters. The fourth-order valence-corrected chi connectivity index (χ4v) is 5.50. The smallest absolute Gasteiger partial charge is 0.259 e. The zero-order valence-corrected chi connectivity index (χ0v) is 17.3. The minimum Gasteiger partial charge on any atom is -0.349 e. The summed E-state index contributed by atoms with van der Waals surface area (Å²) in [7, 11) is 0. The van der Waals surface area contributed by atoms with E-state index in [0.29, 0.717) is 17.3 Å². The van der Waals surface area contributed by atoms with Gasteiger partial charge in [0.25, 0.3) is 5.56 Å². The second kappa shape index (κ2) is 8.45. The Labute approximate surface area is 171 Å². The van der Waals surface area contributed by atoms with E-state index in [1.807, 2.05) is 19.1 Å². The molecule has 0 aliphatic heterocycles. The van der Waals surface area contributed by atoms with Gasteiger partial charge in [-0.1, -0.05) is 6.07 Å². The zero-order valence-electron chi connectivity index (χ0n) is 15.7. The monoisotopic (exact) mass is 414 g/mol. The SMILES string of the molecule is CC(NC(=O)CSCc1nc2sc3c(c2c(=O)[nH]1)CCCC3)c1cccnc1. The first-order chi connectivity index (χ1) is 13.6. The number of hydrogen-bond donors (Lipinski definition) is 2. The Morgan fingerprint density at radius 1 is 1.39 bits per heavy atom. The zero-order chi connectivity index (χ0) is 19.5. The predicted octanol–water partition coefficient (Wildman–Crippen LogP) is 3.37. The van der Waals surface area contributed by atoms with Crippen LogP contribution in [0.1, 0.15) is 47.6 Å². The lowest BCUT2D eigenvalue weighted by molar-refractivity contribution is -0.119. The molecule has 2 N–H and O–H groups in total. The number of aromatic nitrogens is 3. The molecule has 0 saturated carbocycles. The van der Waals surface area contributed by atoms with Crippen molar-refractivity contribution in [1.29, 1.82) is 0 Å². The van der Waals surface area contributed by atoms with Crippen molar-refractivity contribution in [3.63, 3.8) is 0 Å². The number of thioether (sulfide) groups is 1. The number of H-pyrrole nitrogens is 1. The van der Waals surface area contributed by atoms with Crippen LogP contribution in [0, 0.1) is 0 Å². The van der Waals surface area contributed by atoms with Crippen molar-refractivity contribution < 1.29 is 4.79 Å². The third-order valence-electron chi connectivity index (χ3n) is 4.91. The lowest BCUT2D eigenvalue weighted by atomic mass is 9.97. The highest BCUT2D eigenvalue weighted by Gasteiger charge is 2.19. The van der Waals surface area contributed by atoms with Crippen molar-refractivity contribution in [3.8, 4) is 0 Å². The van der Waals surface area contributed by atoms with Crippen LogP contribution in [0.15, 0.2) is 29.3 Å². The molecule has 8 heteroatoms. The number of carbonyl (C=O) groups excluding carboxylic acids is 1. The van der Waals surface area contributed by atoms with Crippen molar-refractivity contribution in [2.45, 2.75) is 44.4 Å². The first kappa shape index (κ1) is 19.1.